The maximum Gasteiger partial charge on any atom is 0.335 e. The van der Waals surface area contributed by atoms with Gasteiger partial charge in [-0.3, -0.25) is 14.9 Å². The molecule has 4 rings (SSSR count). The number of rotatable bonds is 4. The molecule has 7 nitrogen and oxygen atoms in total. The van der Waals surface area contributed by atoms with Crippen molar-refractivity contribution in [3.63, 3.8) is 0 Å². The Kier molecular flexibility index (Phi) is 5.24. The van der Waals surface area contributed by atoms with E-state index >= 15 is 0 Å². The Hall–Kier alpha value is -3.65. The molecular formula is C22H16BrN3O4. The Labute approximate surface area is 180 Å². The van der Waals surface area contributed by atoms with Crippen LogP contribution in [0.4, 0.5) is 10.5 Å². The van der Waals surface area contributed by atoms with Gasteiger partial charge in [-0.05, 0) is 60.7 Å². The molecule has 1 aliphatic rings. The summed E-state index contributed by atoms with van der Waals surface area (Å²) in [5, 5.41) is 2.23. The molecule has 0 aliphatic carbocycles. The molecular weight excluding hydrogens is 450 g/mol. The lowest BCUT2D eigenvalue weighted by molar-refractivity contribution is -0.122. The highest BCUT2D eigenvalue weighted by molar-refractivity contribution is 9.10. The molecule has 4 amide bonds. The zero-order valence-electron chi connectivity index (χ0n) is 15.8. The van der Waals surface area contributed by atoms with Crippen molar-refractivity contribution in [3.8, 4) is 11.4 Å². The number of carbonyl (C=O) groups is 3. The van der Waals surface area contributed by atoms with Crippen molar-refractivity contribution >= 4 is 45.5 Å². The fraction of sp³-hybridized carbons (Fsp3) is 0.0455. The summed E-state index contributed by atoms with van der Waals surface area (Å²) < 4.78 is 7.71. The normalized spacial score (nSPS) is 15.5. The number of urea groups is 1. The van der Waals surface area contributed by atoms with E-state index in [1.54, 1.807) is 43.5 Å². The standard InChI is InChI=1S/C22H16BrN3O4/c1-30-18-9-7-15(8-10-18)25-11-3-6-16(25)13-19-20(27)24-22(29)26(21(19)28)17-5-2-4-14(23)12-17/h2-13H,1H3,(H,24,27,29)/b19-13+. The Morgan fingerprint density at radius 3 is 2.43 bits per heavy atom. The molecule has 1 N–H and O–H groups in total. The third-order valence-corrected chi connectivity index (χ3v) is 5.08. The number of anilines is 1. The van der Waals surface area contributed by atoms with Gasteiger partial charge in [0.05, 0.1) is 12.8 Å². The van der Waals surface area contributed by atoms with E-state index in [4.69, 9.17) is 4.74 Å². The average molecular weight is 466 g/mol. The molecule has 2 aromatic carbocycles. The Balaban J connectivity index is 1.73. The minimum Gasteiger partial charge on any atom is -0.497 e. The van der Waals surface area contributed by atoms with E-state index in [9.17, 15) is 14.4 Å². The second-order valence-electron chi connectivity index (χ2n) is 6.44. The van der Waals surface area contributed by atoms with Gasteiger partial charge in [-0.1, -0.05) is 22.0 Å². The van der Waals surface area contributed by atoms with Gasteiger partial charge in [0.25, 0.3) is 11.8 Å². The van der Waals surface area contributed by atoms with Gasteiger partial charge in [-0.2, -0.15) is 0 Å². The predicted octanol–water partition coefficient (Wildman–Crippen LogP) is 3.91. The first-order chi connectivity index (χ1) is 14.5. The minimum absolute atomic E-state index is 0.136. The molecule has 0 atom stereocenters. The lowest BCUT2D eigenvalue weighted by Crippen LogP contribution is -2.54. The topological polar surface area (TPSA) is 80.6 Å². The van der Waals surface area contributed by atoms with Gasteiger partial charge in [-0.15, -0.1) is 0 Å². The molecule has 1 aliphatic heterocycles. The van der Waals surface area contributed by atoms with Crippen LogP contribution in [-0.4, -0.2) is 29.5 Å². The molecule has 8 heteroatoms. The third kappa shape index (κ3) is 3.65. The first kappa shape index (κ1) is 19.7. The molecule has 3 aromatic rings. The number of benzene rings is 2. The Morgan fingerprint density at radius 1 is 0.967 bits per heavy atom. The highest BCUT2D eigenvalue weighted by Crippen LogP contribution is 2.25. The summed E-state index contributed by atoms with van der Waals surface area (Å²) in [6.07, 6.45) is 3.29. The first-order valence-corrected chi connectivity index (χ1v) is 9.76. The fourth-order valence-electron chi connectivity index (χ4n) is 3.14. The summed E-state index contributed by atoms with van der Waals surface area (Å²) in [6.45, 7) is 0. The van der Waals surface area contributed by atoms with Crippen molar-refractivity contribution in [2.45, 2.75) is 0 Å². The van der Waals surface area contributed by atoms with Gasteiger partial charge in [0.1, 0.15) is 11.3 Å². The highest BCUT2D eigenvalue weighted by atomic mass is 79.9. The summed E-state index contributed by atoms with van der Waals surface area (Å²) in [5.41, 5.74) is 1.66. The van der Waals surface area contributed by atoms with Crippen molar-refractivity contribution in [2.24, 2.45) is 0 Å². The molecule has 0 saturated carbocycles. The van der Waals surface area contributed by atoms with Crippen LogP contribution in [0.3, 0.4) is 0 Å². The number of hydrogen-bond acceptors (Lipinski definition) is 4. The predicted molar refractivity (Wildman–Crippen MR) is 115 cm³/mol. The van der Waals surface area contributed by atoms with Crippen LogP contribution < -0.4 is 15.0 Å². The zero-order valence-corrected chi connectivity index (χ0v) is 17.4. The number of nitrogens with one attached hydrogen (secondary N) is 1. The molecule has 1 aromatic heterocycles. The van der Waals surface area contributed by atoms with Crippen LogP contribution in [0.5, 0.6) is 5.75 Å². The van der Waals surface area contributed by atoms with E-state index in [2.05, 4.69) is 21.2 Å². The summed E-state index contributed by atoms with van der Waals surface area (Å²) >= 11 is 3.33. The second-order valence-corrected chi connectivity index (χ2v) is 7.35. The van der Waals surface area contributed by atoms with Crippen LogP contribution in [-0.2, 0) is 9.59 Å². The van der Waals surface area contributed by atoms with Gasteiger partial charge < -0.3 is 9.30 Å². The molecule has 2 heterocycles. The van der Waals surface area contributed by atoms with E-state index in [-0.39, 0.29) is 5.57 Å². The van der Waals surface area contributed by atoms with Crippen LogP contribution in [0.2, 0.25) is 0 Å². The van der Waals surface area contributed by atoms with Crippen molar-refractivity contribution in [1.29, 1.82) is 0 Å². The molecule has 30 heavy (non-hydrogen) atoms. The van der Waals surface area contributed by atoms with E-state index < -0.39 is 17.8 Å². The van der Waals surface area contributed by atoms with Crippen LogP contribution in [0.1, 0.15) is 5.69 Å². The Bertz CT molecular complexity index is 1180. The molecule has 0 spiro atoms. The number of amides is 4. The lowest BCUT2D eigenvalue weighted by atomic mass is 10.1. The van der Waals surface area contributed by atoms with Gasteiger partial charge in [-0.25, -0.2) is 9.69 Å². The number of barbiturate groups is 1. The zero-order chi connectivity index (χ0) is 21.3. The van der Waals surface area contributed by atoms with Gasteiger partial charge in [0, 0.05) is 22.1 Å². The van der Waals surface area contributed by atoms with Crippen molar-refractivity contribution < 1.29 is 19.1 Å². The second kappa shape index (κ2) is 8.00. The molecule has 0 radical (unpaired) electrons. The van der Waals surface area contributed by atoms with Gasteiger partial charge in [0.15, 0.2) is 0 Å². The summed E-state index contributed by atoms with van der Waals surface area (Å²) in [7, 11) is 1.59. The van der Waals surface area contributed by atoms with E-state index in [1.165, 1.54) is 6.08 Å². The average Bonchev–Trinajstić information content (AvgIpc) is 3.19. The lowest BCUT2D eigenvalue weighted by Gasteiger charge is -2.26. The molecule has 0 unspecified atom stereocenters. The van der Waals surface area contributed by atoms with E-state index in [0.29, 0.717) is 15.9 Å². The molecule has 150 valence electrons. The van der Waals surface area contributed by atoms with Crippen molar-refractivity contribution in [1.82, 2.24) is 9.88 Å². The Morgan fingerprint density at radius 2 is 1.73 bits per heavy atom. The summed E-state index contributed by atoms with van der Waals surface area (Å²) in [6, 6.07) is 16.9. The monoisotopic (exact) mass is 465 g/mol. The molecule has 0 bridgehead atoms. The number of halogens is 1. The smallest absolute Gasteiger partial charge is 0.335 e. The fourth-order valence-corrected chi connectivity index (χ4v) is 3.53. The van der Waals surface area contributed by atoms with Crippen LogP contribution in [0.15, 0.2) is 76.9 Å². The van der Waals surface area contributed by atoms with E-state index in [0.717, 1.165) is 16.3 Å². The SMILES string of the molecule is COc1ccc(-n2cccc2/C=C2\C(=O)NC(=O)N(c3cccc(Br)c3)C2=O)cc1. The summed E-state index contributed by atoms with van der Waals surface area (Å²) in [4.78, 5) is 38.8. The number of imide groups is 2. The van der Waals surface area contributed by atoms with E-state index in [1.807, 2.05) is 35.0 Å². The van der Waals surface area contributed by atoms with Crippen LogP contribution in [0, 0.1) is 0 Å². The van der Waals surface area contributed by atoms with Crippen LogP contribution >= 0.6 is 15.9 Å². The quantitative estimate of drug-likeness (QED) is 0.467. The first-order valence-electron chi connectivity index (χ1n) is 8.97. The number of carbonyl (C=O) groups excluding carboxylic acids is 3. The van der Waals surface area contributed by atoms with Gasteiger partial charge >= 0.3 is 6.03 Å². The third-order valence-electron chi connectivity index (χ3n) is 4.59. The van der Waals surface area contributed by atoms with Crippen molar-refractivity contribution in [2.75, 3.05) is 12.0 Å². The van der Waals surface area contributed by atoms with Gasteiger partial charge in [0.2, 0.25) is 0 Å². The number of methoxy groups -OCH3 is 1. The number of aromatic nitrogens is 1. The number of nitrogens with zero attached hydrogens (tertiary/aromatic N) is 2. The largest absolute Gasteiger partial charge is 0.497 e. The molecule has 1 fully saturated rings. The summed E-state index contributed by atoms with van der Waals surface area (Å²) in [5.74, 6) is -0.709. The van der Waals surface area contributed by atoms with Crippen molar-refractivity contribution in [3.05, 3.63) is 82.6 Å². The maximum atomic E-state index is 13.1. The number of hydrogen-bond donors (Lipinski definition) is 1. The molecule has 1 saturated heterocycles. The highest BCUT2D eigenvalue weighted by Gasteiger charge is 2.37. The van der Waals surface area contributed by atoms with Crippen LogP contribution in [0.25, 0.3) is 11.8 Å². The maximum absolute atomic E-state index is 13.1. The number of ether oxygens (including phenoxy) is 1. The minimum atomic E-state index is -0.786.